The quantitative estimate of drug-likeness (QED) is 0.116. The molecule has 0 amide bonds. The number of benzene rings is 4. The van der Waals surface area contributed by atoms with Gasteiger partial charge in [0, 0.05) is 11.1 Å². The molecule has 0 aromatic heterocycles. The van der Waals surface area contributed by atoms with Gasteiger partial charge in [0.15, 0.2) is 23.2 Å². The van der Waals surface area contributed by atoms with Crippen molar-refractivity contribution in [1.29, 1.82) is 0 Å². The Labute approximate surface area is 235 Å². The fourth-order valence-corrected chi connectivity index (χ4v) is 4.43. The summed E-state index contributed by atoms with van der Waals surface area (Å²) in [6, 6.07) is 22.6. The molecule has 0 bridgehead atoms. The molecule has 0 saturated carbocycles. The summed E-state index contributed by atoms with van der Waals surface area (Å²) in [5.41, 5.74) is 3.48. The van der Waals surface area contributed by atoms with Crippen molar-refractivity contribution in [2.75, 3.05) is 13.2 Å². The van der Waals surface area contributed by atoms with Crippen LogP contribution < -0.4 is 9.47 Å². The van der Waals surface area contributed by atoms with Crippen molar-refractivity contribution in [2.45, 2.75) is 45.4 Å². The first-order valence-electron chi connectivity index (χ1n) is 13.8. The van der Waals surface area contributed by atoms with E-state index in [1.54, 1.807) is 54.6 Å². The van der Waals surface area contributed by atoms with Crippen LogP contribution in [0.4, 0.5) is 13.2 Å². The number of halogens is 3. The third-order valence-electron chi connectivity index (χ3n) is 6.79. The van der Waals surface area contributed by atoms with E-state index >= 15 is 8.78 Å². The molecule has 2 nitrogen and oxygen atoms in total. The van der Waals surface area contributed by atoms with E-state index < -0.39 is 11.6 Å². The largest absolute Gasteiger partial charge is 0.494 e. The topological polar surface area (TPSA) is 18.5 Å². The Kier molecular flexibility index (Phi) is 10.4. The molecule has 4 aromatic carbocycles. The van der Waals surface area contributed by atoms with Gasteiger partial charge in [-0.15, -0.1) is 6.58 Å². The summed E-state index contributed by atoms with van der Waals surface area (Å²) in [5.74, 6) is -1.16. The minimum Gasteiger partial charge on any atom is -0.494 e. The molecule has 5 heteroatoms. The van der Waals surface area contributed by atoms with Crippen molar-refractivity contribution >= 4 is 0 Å². The van der Waals surface area contributed by atoms with Crippen LogP contribution in [0.25, 0.3) is 22.3 Å². The number of aryl methyl sites for hydroxylation is 2. The minimum atomic E-state index is -0.879. The van der Waals surface area contributed by atoms with Crippen LogP contribution in [0.3, 0.4) is 0 Å². The summed E-state index contributed by atoms with van der Waals surface area (Å²) in [6.45, 7) is 6.84. The van der Waals surface area contributed by atoms with Crippen LogP contribution in [-0.2, 0) is 12.8 Å². The minimum absolute atomic E-state index is 0.207. The predicted molar refractivity (Wildman–Crippen MR) is 156 cm³/mol. The van der Waals surface area contributed by atoms with Crippen LogP contribution in [0.2, 0.25) is 0 Å². The van der Waals surface area contributed by atoms with Crippen LogP contribution in [0.1, 0.15) is 43.7 Å². The highest BCUT2D eigenvalue weighted by Gasteiger charge is 2.16. The second kappa shape index (κ2) is 14.4. The van der Waals surface area contributed by atoms with Gasteiger partial charge in [-0.05, 0) is 78.6 Å². The first-order valence-corrected chi connectivity index (χ1v) is 13.8. The number of hydrogen-bond acceptors (Lipinski definition) is 2. The highest BCUT2D eigenvalue weighted by molar-refractivity contribution is 5.72. The van der Waals surface area contributed by atoms with Gasteiger partial charge in [-0.3, -0.25) is 0 Å². The second-order valence-electron chi connectivity index (χ2n) is 9.76. The zero-order chi connectivity index (χ0) is 28.3. The number of allylic oxidation sites excluding steroid dienone is 1. The van der Waals surface area contributed by atoms with Crippen LogP contribution in [0.15, 0.2) is 91.5 Å². The molecule has 0 fully saturated rings. The summed E-state index contributed by atoms with van der Waals surface area (Å²) in [5, 5.41) is 0. The number of ether oxygens (including phenoxy) is 2. The van der Waals surface area contributed by atoms with E-state index in [0.29, 0.717) is 42.9 Å². The van der Waals surface area contributed by atoms with Gasteiger partial charge in [-0.2, -0.15) is 0 Å². The molecule has 4 rings (SSSR count). The third kappa shape index (κ3) is 7.56. The fraction of sp³-hybridized carbons (Fsp3) is 0.257. The average molecular weight is 545 g/mol. The molecular weight excluding hydrogens is 509 g/mol. The summed E-state index contributed by atoms with van der Waals surface area (Å²) in [7, 11) is 0. The van der Waals surface area contributed by atoms with E-state index in [4.69, 9.17) is 9.47 Å². The van der Waals surface area contributed by atoms with Crippen LogP contribution in [-0.4, -0.2) is 13.2 Å². The van der Waals surface area contributed by atoms with E-state index in [1.807, 2.05) is 24.3 Å². The number of hydrogen-bond donors (Lipinski definition) is 0. The Morgan fingerprint density at radius 2 is 1.25 bits per heavy atom. The molecule has 0 spiro atoms. The number of unbranched alkanes of at least 4 members (excludes halogenated alkanes) is 2. The number of rotatable bonds is 14. The first kappa shape index (κ1) is 29.0. The SMILES string of the molecule is C=CCCCOc1ccc(CCc2ccc(-c3ccc(-c4ccc(OCCCC)cc4)c(F)c3F)cc2)cc1F. The molecule has 0 aliphatic carbocycles. The molecule has 0 heterocycles. The highest BCUT2D eigenvalue weighted by Crippen LogP contribution is 2.32. The van der Waals surface area contributed by atoms with E-state index in [1.165, 1.54) is 6.07 Å². The smallest absolute Gasteiger partial charge is 0.167 e. The molecule has 0 atom stereocenters. The van der Waals surface area contributed by atoms with Gasteiger partial charge < -0.3 is 9.47 Å². The Hall–Kier alpha value is -3.99. The van der Waals surface area contributed by atoms with Crippen LogP contribution >= 0.6 is 0 Å². The maximum atomic E-state index is 15.1. The van der Waals surface area contributed by atoms with Crippen molar-refractivity contribution in [3.05, 3.63) is 120 Å². The molecule has 4 aromatic rings. The monoisotopic (exact) mass is 544 g/mol. The molecule has 0 saturated heterocycles. The summed E-state index contributed by atoms with van der Waals surface area (Å²) < 4.78 is 55.8. The van der Waals surface area contributed by atoms with Gasteiger partial charge in [-0.25, -0.2) is 13.2 Å². The molecule has 0 aliphatic rings. The second-order valence-corrected chi connectivity index (χ2v) is 9.76. The Bertz CT molecular complexity index is 1400. The molecule has 40 heavy (non-hydrogen) atoms. The Morgan fingerprint density at radius 1 is 0.675 bits per heavy atom. The predicted octanol–water partition coefficient (Wildman–Crippen LogP) is 9.75. The maximum Gasteiger partial charge on any atom is 0.167 e. The van der Waals surface area contributed by atoms with Crippen molar-refractivity contribution in [3.63, 3.8) is 0 Å². The molecular formula is C35H35F3O2. The van der Waals surface area contributed by atoms with Crippen molar-refractivity contribution in [1.82, 2.24) is 0 Å². The van der Waals surface area contributed by atoms with Crippen molar-refractivity contribution < 1.29 is 22.6 Å². The molecule has 0 aliphatic heterocycles. The van der Waals surface area contributed by atoms with Crippen molar-refractivity contribution in [3.8, 4) is 33.8 Å². The normalized spacial score (nSPS) is 10.9. The van der Waals surface area contributed by atoms with Crippen LogP contribution in [0.5, 0.6) is 11.5 Å². The van der Waals surface area contributed by atoms with E-state index in [9.17, 15) is 4.39 Å². The lowest BCUT2D eigenvalue weighted by atomic mass is 9.97. The van der Waals surface area contributed by atoms with Gasteiger partial charge in [0.2, 0.25) is 0 Å². The zero-order valence-corrected chi connectivity index (χ0v) is 22.9. The molecule has 0 unspecified atom stereocenters. The average Bonchev–Trinajstić information content (AvgIpc) is 2.97. The summed E-state index contributed by atoms with van der Waals surface area (Å²) in [4.78, 5) is 0. The Morgan fingerprint density at radius 3 is 1.85 bits per heavy atom. The molecule has 208 valence electrons. The van der Waals surface area contributed by atoms with Gasteiger partial charge in [0.05, 0.1) is 13.2 Å². The summed E-state index contributed by atoms with van der Waals surface area (Å²) in [6.07, 6.45) is 6.78. The lowest BCUT2D eigenvalue weighted by molar-refractivity contribution is 0.296. The van der Waals surface area contributed by atoms with Gasteiger partial charge in [-0.1, -0.05) is 74.0 Å². The lowest BCUT2D eigenvalue weighted by Crippen LogP contribution is -2.00. The van der Waals surface area contributed by atoms with Crippen LogP contribution in [0, 0.1) is 17.5 Å². The standard InChI is InChI=1S/C35H35F3O2/c1-3-5-7-23-40-33-21-12-26(24-32(33)36)9-8-25-10-13-27(14-11-25)30-19-20-31(35(38)34(30)37)28-15-17-29(18-16-28)39-22-6-4-2/h3,10-21,24H,1,4-9,22-23H2,2H3. The molecule has 0 N–H and O–H groups in total. The summed E-state index contributed by atoms with van der Waals surface area (Å²) >= 11 is 0. The van der Waals surface area contributed by atoms with Gasteiger partial charge >= 0.3 is 0 Å². The zero-order valence-electron chi connectivity index (χ0n) is 22.9. The van der Waals surface area contributed by atoms with E-state index in [-0.39, 0.29) is 22.7 Å². The van der Waals surface area contributed by atoms with Crippen molar-refractivity contribution in [2.24, 2.45) is 0 Å². The Balaban J connectivity index is 1.38. The maximum absolute atomic E-state index is 15.1. The van der Waals surface area contributed by atoms with E-state index in [0.717, 1.165) is 36.8 Å². The van der Waals surface area contributed by atoms with E-state index in [2.05, 4.69) is 13.5 Å². The van der Waals surface area contributed by atoms with Gasteiger partial charge in [0.1, 0.15) is 5.75 Å². The molecule has 0 radical (unpaired) electrons. The lowest BCUT2D eigenvalue weighted by Gasteiger charge is -2.11. The van der Waals surface area contributed by atoms with Gasteiger partial charge in [0.25, 0.3) is 0 Å². The first-order chi connectivity index (χ1) is 19.5. The highest BCUT2D eigenvalue weighted by atomic mass is 19.2. The third-order valence-corrected chi connectivity index (χ3v) is 6.79. The fourth-order valence-electron chi connectivity index (χ4n) is 4.43.